The molecule has 2 unspecified atom stereocenters. The van der Waals surface area contributed by atoms with E-state index in [-0.39, 0.29) is 30.3 Å². The van der Waals surface area contributed by atoms with Gasteiger partial charge in [0.25, 0.3) is 5.91 Å². The predicted octanol–water partition coefficient (Wildman–Crippen LogP) is 5.48. The molecule has 2 amide bonds. The molecule has 0 spiro atoms. The molecule has 5 rings (SSSR count). The summed E-state index contributed by atoms with van der Waals surface area (Å²) in [7, 11) is 0. The third kappa shape index (κ3) is 6.91. The van der Waals surface area contributed by atoms with Crippen molar-refractivity contribution in [1.82, 2.24) is 0 Å². The van der Waals surface area contributed by atoms with Crippen LogP contribution in [0, 0.1) is 0 Å². The van der Waals surface area contributed by atoms with E-state index in [1.54, 1.807) is 17.9 Å². The Bertz CT molecular complexity index is 1420. The molecule has 1 saturated heterocycles. The van der Waals surface area contributed by atoms with Crippen molar-refractivity contribution in [2.24, 2.45) is 0 Å². The average molecular weight is 571 g/mol. The van der Waals surface area contributed by atoms with Crippen LogP contribution in [0.5, 0.6) is 0 Å². The standard InChI is InChI=1S/C33H38N4O5/c1-22-20-30(34-26-11-13-28(14-12-26)36-16-18-42-19-17-36)29-21-25(8-15-31(29)37(22)23(2)38)33(41)35-27-9-6-24(7-10-27)4-3-5-32(39)40/h6-15,21-22,30,34H,3-5,16-20H2,1-2H3,(H,35,41)(H,39,40). The van der Waals surface area contributed by atoms with E-state index in [1.165, 1.54) is 0 Å². The number of nitrogens with one attached hydrogen (secondary N) is 2. The van der Waals surface area contributed by atoms with Gasteiger partial charge in [0, 0.05) is 60.8 Å². The average Bonchev–Trinajstić information content (AvgIpc) is 2.98. The first-order valence-electron chi connectivity index (χ1n) is 14.5. The van der Waals surface area contributed by atoms with E-state index >= 15 is 0 Å². The molecule has 2 atom stereocenters. The van der Waals surface area contributed by atoms with E-state index in [9.17, 15) is 14.4 Å². The van der Waals surface area contributed by atoms with Crippen molar-refractivity contribution in [3.63, 3.8) is 0 Å². The van der Waals surface area contributed by atoms with Crippen molar-refractivity contribution in [1.29, 1.82) is 0 Å². The summed E-state index contributed by atoms with van der Waals surface area (Å²) in [6, 6.07) is 21.3. The Morgan fingerprint density at radius 2 is 1.64 bits per heavy atom. The summed E-state index contributed by atoms with van der Waals surface area (Å²) in [6.45, 7) is 6.85. The Balaban J connectivity index is 1.33. The Morgan fingerprint density at radius 3 is 2.31 bits per heavy atom. The molecular weight excluding hydrogens is 532 g/mol. The van der Waals surface area contributed by atoms with Gasteiger partial charge in [-0.15, -0.1) is 0 Å². The number of carbonyl (C=O) groups excluding carboxylic acids is 2. The Kier molecular flexibility index (Phi) is 9.07. The number of anilines is 4. The minimum Gasteiger partial charge on any atom is -0.481 e. The zero-order valence-electron chi connectivity index (χ0n) is 24.1. The van der Waals surface area contributed by atoms with E-state index in [0.29, 0.717) is 30.5 Å². The highest BCUT2D eigenvalue weighted by atomic mass is 16.5. The number of benzene rings is 3. The van der Waals surface area contributed by atoms with Crippen LogP contribution in [0.15, 0.2) is 66.7 Å². The molecule has 2 aliphatic rings. The smallest absolute Gasteiger partial charge is 0.303 e. The highest BCUT2D eigenvalue weighted by Gasteiger charge is 2.33. The van der Waals surface area contributed by atoms with Crippen molar-refractivity contribution < 1.29 is 24.2 Å². The van der Waals surface area contributed by atoms with E-state index < -0.39 is 5.97 Å². The van der Waals surface area contributed by atoms with Crippen molar-refractivity contribution in [2.75, 3.05) is 46.7 Å². The van der Waals surface area contributed by atoms with Crippen LogP contribution in [-0.2, 0) is 20.7 Å². The number of fused-ring (bicyclic) bond motifs is 1. The molecule has 42 heavy (non-hydrogen) atoms. The van der Waals surface area contributed by atoms with Crippen LogP contribution >= 0.6 is 0 Å². The van der Waals surface area contributed by atoms with E-state index in [4.69, 9.17) is 9.84 Å². The highest BCUT2D eigenvalue weighted by Crippen LogP contribution is 2.40. The van der Waals surface area contributed by atoms with Gasteiger partial charge in [0.15, 0.2) is 0 Å². The van der Waals surface area contributed by atoms with Gasteiger partial charge in [-0.2, -0.15) is 0 Å². The van der Waals surface area contributed by atoms with Crippen LogP contribution in [0.3, 0.4) is 0 Å². The first kappa shape index (κ1) is 29.1. The zero-order valence-corrected chi connectivity index (χ0v) is 24.1. The van der Waals surface area contributed by atoms with Crippen molar-refractivity contribution in [3.05, 3.63) is 83.4 Å². The molecule has 0 aromatic heterocycles. The normalized spacial score (nSPS) is 18.2. The fourth-order valence-corrected chi connectivity index (χ4v) is 5.81. The van der Waals surface area contributed by atoms with Crippen LogP contribution in [0.1, 0.15) is 60.6 Å². The predicted molar refractivity (Wildman–Crippen MR) is 164 cm³/mol. The van der Waals surface area contributed by atoms with Crippen molar-refractivity contribution >= 4 is 40.5 Å². The van der Waals surface area contributed by atoms with E-state index in [0.717, 1.165) is 54.5 Å². The minimum atomic E-state index is -0.802. The lowest BCUT2D eigenvalue weighted by atomic mass is 9.90. The molecule has 0 radical (unpaired) electrons. The van der Waals surface area contributed by atoms with Gasteiger partial charge in [0.05, 0.1) is 19.3 Å². The van der Waals surface area contributed by atoms with Gasteiger partial charge in [-0.1, -0.05) is 12.1 Å². The molecule has 9 nitrogen and oxygen atoms in total. The number of carbonyl (C=O) groups is 3. The first-order valence-corrected chi connectivity index (χ1v) is 14.5. The fourth-order valence-electron chi connectivity index (χ4n) is 5.81. The maximum Gasteiger partial charge on any atom is 0.303 e. The monoisotopic (exact) mass is 570 g/mol. The lowest BCUT2D eigenvalue weighted by molar-refractivity contribution is -0.137. The SMILES string of the molecule is CC(=O)N1c2ccc(C(=O)Nc3ccc(CCCC(=O)O)cc3)cc2C(Nc2ccc(N3CCOCC3)cc2)CC1C. The van der Waals surface area contributed by atoms with Gasteiger partial charge >= 0.3 is 5.97 Å². The number of ether oxygens (including phenoxy) is 1. The Morgan fingerprint density at radius 1 is 0.952 bits per heavy atom. The second-order valence-electron chi connectivity index (χ2n) is 11.0. The lowest BCUT2D eigenvalue weighted by Crippen LogP contribution is -2.43. The van der Waals surface area contributed by atoms with Gasteiger partial charge in [0.2, 0.25) is 5.91 Å². The van der Waals surface area contributed by atoms with Gasteiger partial charge in [-0.05, 0) is 91.9 Å². The van der Waals surface area contributed by atoms with Gasteiger partial charge in [-0.3, -0.25) is 14.4 Å². The number of rotatable bonds is 9. The van der Waals surface area contributed by atoms with Crippen LogP contribution in [0.4, 0.5) is 22.7 Å². The summed E-state index contributed by atoms with van der Waals surface area (Å²) in [5.74, 6) is -1.07. The molecule has 0 bridgehead atoms. The number of aryl methyl sites for hydroxylation is 1. The van der Waals surface area contributed by atoms with Crippen LogP contribution in [0.25, 0.3) is 0 Å². The van der Waals surface area contributed by atoms with Gasteiger partial charge in [-0.25, -0.2) is 0 Å². The molecule has 0 saturated carbocycles. The Labute approximate surface area is 246 Å². The quantitative estimate of drug-likeness (QED) is 0.312. The van der Waals surface area contributed by atoms with E-state index in [1.807, 2.05) is 43.3 Å². The molecule has 1 fully saturated rings. The van der Waals surface area contributed by atoms with Crippen molar-refractivity contribution in [2.45, 2.75) is 51.6 Å². The number of amides is 2. The topological polar surface area (TPSA) is 111 Å². The molecule has 220 valence electrons. The number of carboxylic acid groups (broad SMARTS) is 1. The van der Waals surface area contributed by atoms with Crippen LogP contribution in [-0.4, -0.2) is 55.2 Å². The summed E-state index contributed by atoms with van der Waals surface area (Å²) >= 11 is 0. The zero-order chi connectivity index (χ0) is 29.6. The molecule has 0 aliphatic carbocycles. The molecule has 3 N–H and O–H groups in total. The first-order chi connectivity index (χ1) is 20.3. The van der Waals surface area contributed by atoms with Crippen LogP contribution in [0.2, 0.25) is 0 Å². The summed E-state index contributed by atoms with van der Waals surface area (Å²) in [5.41, 5.74) is 6.04. The number of carboxylic acids is 1. The third-order valence-electron chi connectivity index (χ3n) is 7.93. The molecular formula is C33H38N4O5. The summed E-state index contributed by atoms with van der Waals surface area (Å²) < 4.78 is 5.47. The largest absolute Gasteiger partial charge is 0.481 e. The maximum atomic E-state index is 13.3. The number of hydrogen-bond donors (Lipinski definition) is 3. The van der Waals surface area contributed by atoms with Crippen LogP contribution < -0.4 is 20.4 Å². The number of nitrogens with zero attached hydrogens (tertiary/aromatic N) is 2. The molecule has 3 aromatic carbocycles. The van der Waals surface area contributed by atoms with Gasteiger partial charge < -0.3 is 30.3 Å². The van der Waals surface area contributed by atoms with E-state index in [2.05, 4.69) is 39.8 Å². The van der Waals surface area contributed by atoms with Crippen molar-refractivity contribution in [3.8, 4) is 0 Å². The number of aliphatic carboxylic acids is 1. The Hall–Kier alpha value is -4.37. The minimum absolute atomic E-state index is 0.00573. The maximum absolute atomic E-state index is 13.3. The molecule has 2 heterocycles. The lowest BCUT2D eigenvalue weighted by Gasteiger charge is -2.39. The highest BCUT2D eigenvalue weighted by molar-refractivity contribution is 6.05. The summed E-state index contributed by atoms with van der Waals surface area (Å²) in [4.78, 5) is 40.7. The number of hydrogen-bond acceptors (Lipinski definition) is 6. The second kappa shape index (κ2) is 13.1. The van der Waals surface area contributed by atoms with Gasteiger partial charge in [0.1, 0.15) is 0 Å². The summed E-state index contributed by atoms with van der Waals surface area (Å²) in [6.07, 6.45) is 2.07. The second-order valence-corrected chi connectivity index (χ2v) is 11.0. The molecule has 3 aromatic rings. The fraction of sp³-hybridized carbons (Fsp3) is 0.364. The molecule has 2 aliphatic heterocycles. The summed E-state index contributed by atoms with van der Waals surface area (Å²) in [5, 5.41) is 15.5. The number of morpholine rings is 1. The molecule has 9 heteroatoms. The third-order valence-corrected chi connectivity index (χ3v) is 7.93.